The van der Waals surface area contributed by atoms with Gasteiger partial charge in [0, 0.05) is 5.56 Å². The molecule has 5 nitrogen and oxygen atoms in total. The minimum absolute atomic E-state index is 0.0162. The molecule has 1 atom stereocenters. The summed E-state index contributed by atoms with van der Waals surface area (Å²) >= 11 is 0. The van der Waals surface area contributed by atoms with Crippen molar-refractivity contribution >= 4 is 11.9 Å². The van der Waals surface area contributed by atoms with E-state index in [9.17, 15) is 14.0 Å². The van der Waals surface area contributed by atoms with E-state index in [1.54, 1.807) is 36.4 Å². The van der Waals surface area contributed by atoms with Crippen molar-refractivity contribution in [2.24, 2.45) is 0 Å². The van der Waals surface area contributed by atoms with Crippen LogP contribution in [0.2, 0.25) is 0 Å². The molecular formula is C30H26FNO4. The maximum atomic E-state index is 14.7. The third kappa shape index (κ3) is 6.36. The second-order valence-corrected chi connectivity index (χ2v) is 8.21. The zero-order valence-electron chi connectivity index (χ0n) is 19.8. The van der Waals surface area contributed by atoms with E-state index in [1.807, 2.05) is 60.7 Å². The molecule has 4 aromatic carbocycles. The molecule has 182 valence electrons. The van der Waals surface area contributed by atoms with Gasteiger partial charge in [-0.05, 0) is 46.5 Å². The lowest BCUT2D eigenvalue weighted by Crippen LogP contribution is -2.30. The zero-order valence-corrected chi connectivity index (χ0v) is 19.8. The van der Waals surface area contributed by atoms with E-state index in [4.69, 9.17) is 9.47 Å². The minimum Gasteiger partial charge on any atom is -0.486 e. The van der Waals surface area contributed by atoms with E-state index < -0.39 is 17.8 Å². The Hall–Kier alpha value is -4.45. The summed E-state index contributed by atoms with van der Waals surface area (Å²) in [5, 5.41) is 2.90. The van der Waals surface area contributed by atoms with Gasteiger partial charge in [-0.1, -0.05) is 78.9 Å². The summed E-state index contributed by atoms with van der Waals surface area (Å²) in [7, 11) is 1.32. The number of hydrogen-bond acceptors (Lipinski definition) is 4. The molecule has 6 heteroatoms. The number of carbonyl (C=O) groups is 2. The van der Waals surface area contributed by atoms with Crippen molar-refractivity contribution in [3.8, 4) is 16.9 Å². The second kappa shape index (κ2) is 11.8. The van der Waals surface area contributed by atoms with Crippen LogP contribution in [-0.4, -0.2) is 19.0 Å². The smallest absolute Gasteiger partial charge is 0.307 e. The molecule has 4 rings (SSSR count). The van der Waals surface area contributed by atoms with Crippen molar-refractivity contribution < 1.29 is 23.5 Å². The highest BCUT2D eigenvalue weighted by Gasteiger charge is 2.19. The van der Waals surface area contributed by atoms with Crippen LogP contribution in [0.5, 0.6) is 5.75 Å². The van der Waals surface area contributed by atoms with Gasteiger partial charge >= 0.3 is 5.97 Å². The Balaban J connectivity index is 1.43. The van der Waals surface area contributed by atoms with E-state index in [0.29, 0.717) is 11.1 Å². The van der Waals surface area contributed by atoms with Crippen LogP contribution < -0.4 is 10.1 Å². The average Bonchev–Trinajstić information content (AvgIpc) is 2.93. The first kappa shape index (κ1) is 24.7. The van der Waals surface area contributed by atoms with Gasteiger partial charge in [0.25, 0.3) is 5.91 Å². The number of ether oxygens (including phenoxy) is 2. The van der Waals surface area contributed by atoms with E-state index in [2.05, 4.69) is 5.32 Å². The number of rotatable bonds is 9. The van der Waals surface area contributed by atoms with E-state index >= 15 is 0 Å². The number of methoxy groups -OCH3 is 1. The molecule has 0 aromatic heterocycles. The predicted molar refractivity (Wildman–Crippen MR) is 136 cm³/mol. The van der Waals surface area contributed by atoms with E-state index in [0.717, 1.165) is 16.7 Å². The molecule has 1 unspecified atom stereocenters. The fourth-order valence-corrected chi connectivity index (χ4v) is 3.78. The predicted octanol–water partition coefficient (Wildman–Crippen LogP) is 6.11. The fourth-order valence-electron chi connectivity index (χ4n) is 3.78. The lowest BCUT2D eigenvalue weighted by Gasteiger charge is -2.18. The summed E-state index contributed by atoms with van der Waals surface area (Å²) < 4.78 is 25.0. The topological polar surface area (TPSA) is 64.6 Å². The lowest BCUT2D eigenvalue weighted by atomic mass is 10.0. The van der Waals surface area contributed by atoms with Crippen molar-refractivity contribution in [3.05, 3.63) is 126 Å². The van der Waals surface area contributed by atoms with Crippen LogP contribution in [0.4, 0.5) is 4.39 Å². The molecule has 4 aromatic rings. The summed E-state index contributed by atoms with van der Waals surface area (Å²) in [6, 6.07) is 29.9. The van der Waals surface area contributed by atoms with Gasteiger partial charge in [0.15, 0.2) is 11.6 Å². The monoisotopic (exact) mass is 483 g/mol. The molecule has 0 aliphatic heterocycles. The van der Waals surface area contributed by atoms with Crippen LogP contribution in [0.1, 0.15) is 33.9 Å². The Morgan fingerprint density at radius 1 is 0.833 bits per heavy atom. The first-order chi connectivity index (χ1) is 17.5. The van der Waals surface area contributed by atoms with E-state index in [1.165, 1.54) is 13.2 Å². The normalized spacial score (nSPS) is 11.4. The molecule has 0 spiro atoms. The quantitative estimate of drug-likeness (QED) is 0.292. The molecule has 36 heavy (non-hydrogen) atoms. The maximum absolute atomic E-state index is 14.7. The lowest BCUT2D eigenvalue weighted by molar-refractivity contribution is -0.141. The fraction of sp³-hybridized carbons (Fsp3) is 0.133. The maximum Gasteiger partial charge on any atom is 0.307 e. The number of benzene rings is 4. The molecule has 0 saturated carbocycles. The summed E-state index contributed by atoms with van der Waals surface area (Å²) in [5.41, 5.74) is 3.61. The highest BCUT2D eigenvalue weighted by Crippen LogP contribution is 2.27. The Bertz CT molecular complexity index is 1310. The number of hydrogen-bond donors (Lipinski definition) is 1. The van der Waals surface area contributed by atoms with Crippen molar-refractivity contribution in [1.82, 2.24) is 5.32 Å². The van der Waals surface area contributed by atoms with Crippen molar-refractivity contribution in [3.63, 3.8) is 0 Å². The zero-order chi connectivity index (χ0) is 25.3. The number of nitrogens with one attached hydrogen (secondary N) is 1. The molecular weight excluding hydrogens is 457 g/mol. The van der Waals surface area contributed by atoms with Crippen LogP contribution in [0.25, 0.3) is 11.1 Å². The number of carbonyl (C=O) groups excluding carboxylic acids is 2. The largest absolute Gasteiger partial charge is 0.486 e. The Labute approximate surface area is 209 Å². The minimum atomic E-state index is -0.525. The van der Waals surface area contributed by atoms with Crippen molar-refractivity contribution in [2.75, 3.05) is 7.11 Å². The van der Waals surface area contributed by atoms with Crippen LogP contribution in [0.3, 0.4) is 0 Å². The number of halogens is 1. The standard InChI is InChI=1S/C30H26FNO4/c1-35-29(33)19-27(23-10-6-3-7-11-23)32-30(34)24-14-12-22(13-15-24)25-16-17-28(26(31)18-25)36-20-21-8-4-2-5-9-21/h2-18,27H,19-20H2,1H3,(H,32,34). The SMILES string of the molecule is COC(=O)CC(NC(=O)c1ccc(-c2ccc(OCc3ccccc3)c(F)c2)cc1)c1ccccc1. The Kier molecular flexibility index (Phi) is 8.08. The van der Waals surface area contributed by atoms with Gasteiger partial charge in [0.2, 0.25) is 0 Å². The molecule has 0 saturated heterocycles. The van der Waals surface area contributed by atoms with Gasteiger partial charge < -0.3 is 14.8 Å². The molecule has 0 bridgehead atoms. The summed E-state index contributed by atoms with van der Waals surface area (Å²) in [4.78, 5) is 24.8. The molecule has 0 radical (unpaired) electrons. The van der Waals surface area contributed by atoms with Gasteiger partial charge in [-0.25, -0.2) is 4.39 Å². The molecule has 0 heterocycles. The van der Waals surface area contributed by atoms with Crippen LogP contribution >= 0.6 is 0 Å². The number of amides is 1. The molecule has 1 N–H and O–H groups in total. The van der Waals surface area contributed by atoms with Crippen molar-refractivity contribution in [2.45, 2.75) is 19.1 Å². The Morgan fingerprint density at radius 3 is 2.11 bits per heavy atom. The van der Waals surface area contributed by atoms with Gasteiger partial charge in [-0.15, -0.1) is 0 Å². The van der Waals surface area contributed by atoms with Gasteiger partial charge in [0.1, 0.15) is 6.61 Å². The molecule has 0 aliphatic rings. The van der Waals surface area contributed by atoms with Crippen LogP contribution in [0.15, 0.2) is 103 Å². The average molecular weight is 484 g/mol. The highest BCUT2D eigenvalue weighted by atomic mass is 19.1. The summed E-state index contributed by atoms with van der Waals surface area (Å²) in [5.74, 6) is -1.03. The first-order valence-electron chi connectivity index (χ1n) is 11.5. The van der Waals surface area contributed by atoms with Crippen LogP contribution in [0, 0.1) is 5.82 Å². The second-order valence-electron chi connectivity index (χ2n) is 8.21. The summed E-state index contributed by atoms with van der Waals surface area (Å²) in [6.45, 7) is 0.279. The Morgan fingerprint density at radius 2 is 1.47 bits per heavy atom. The van der Waals surface area contributed by atoms with Gasteiger partial charge in [-0.2, -0.15) is 0 Å². The van der Waals surface area contributed by atoms with E-state index in [-0.39, 0.29) is 24.7 Å². The summed E-state index contributed by atoms with van der Waals surface area (Å²) in [6.07, 6.45) is 0.0162. The molecule has 0 aliphatic carbocycles. The van der Waals surface area contributed by atoms with Crippen molar-refractivity contribution in [1.29, 1.82) is 0 Å². The molecule has 1 amide bonds. The third-order valence-corrected chi connectivity index (χ3v) is 5.76. The highest BCUT2D eigenvalue weighted by molar-refractivity contribution is 5.95. The van der Waals surface area contributed by atoms with Gasteiger partial charge in [-0.3, -0.25) is 9.59 Å². The molecule has 0 fully saturated rings. The third-order valence-electron chi connectivity index (χ3n) is 5.76. The van der Waals surface area contributed by atoms with Gasteiger partial charge in [0.05, 0.1) is 19.6 Å². The number of esters is 1. The van der Waals surface area contributed by atoms with Crippen LogP contribution in [-0.2, 0) is 16.1 Å². The first-order valence-corrected chi connectivity index (χ1v) is 11.5.